The molecule has 0 unspecified atom stereocenters. The molecule has 0 aromatic heterocycles. The van der Waals surface area contributed by atoms with E-state index in [1.54, 1.807) is 18.2 Å². The molecule has 1 aromatic rings. The minimum absolute atomic E-state index is 0.294. The van der Waals surface area contributed by atoms with E-state index in [0.717, 1.165) is 5.69 Å². The maximum atomic E-state index is 10.8. The minimum atomic E-state index is -0.352. The first-order valence-corrected chi connectivity index (χ1v) is 5.62. The number of rotatable bonds is 5. The summed E-state index contributed by atoms with van der Waals surface area (Å²) in [5, 5.41) is 0. The zero-order chi connectivity index (χ0) is 13.5. The first-order valence-electron chi connectivity index (χ1n) is 5.62. The molecule has 0 aliphatic carbocycles. The second-order valence-corrected chi connectivity index (χ2v) is 3.85. The Morgan fingerprint density at radius 3 is 2.56 bits per heavy atom. The van der Waals surface area contributed by atoms with Gasteiger partial charge in [0.25, 0.3) is 0 Å². The van der Waals surface area contributed by atoms with E-state index >= 15 is 0 Å². The average molecular weight is 251 g/mol. The molecule has 5 heteroatoms. The summed E-state index contributed by atoms with van der Waals surface area (Å²) in [6, 6.07) is 7.16. The maximum absolute atomic E-state index is 10.8. The van der Waals surface area contributed by atoms with Crippen LogP contribution in [0.5, 0.6) is 5.75 Å². The van der Waals surface area contributed by atoms with Crippen LogP contribution in [0.4, 0.5) is 5.69 Å². The Morgan fingerprint density at radius 2 is 1.94 bits per heavy atom. The van der Waals surface area contributed by atoms with Gasteiger partial charge in [-0.3, -0.25) is 9.59 Å². The van der Waals surface area contributed by atoms with E-state index in [1.807, 2.05) is 18.0 Å². The van der Waals surface area contributed by atoms with E-state index in [2.05, 4.69) is 0 Å². The molecule has 0 N–H and O–H groups in total. The van der Waals surface area contributed by atoms with Gasteiger partial charge in [-0.15, -0.1) is 0 Å². The van der Waals surface area contributed by atoms with Crippen LogP contribution in [-0.2, 0) is 14.3 Å². The van der Waals surface area contributed by atoms with Crippen molar-refractivity contribution in [3.8, 4) is 5.75 Å². The lowest BCUT2D eigenvalue weighted by Crippen LogP contribution is -2.23. The van der Waals surface area contributed by atoms with Crippen LogP contribution in [0.3, 0.4) is 0 Å². The van der Waals surface area contributed by atoms with Crippen LogP contribution in [-0.4, -0.2) is 32.1 Å². The van der Waals surface area contributed by atoms with Crippen LogP contribution < -0.4 is 9.64 Å². The molecule has 98 valence electrons. The monoisotopic (exact) mass is 251 g/mol. The van der Waals surface area contributed by atoms with E-state index in [-0.39, 0.29) is 11.9 Å². The number of esters is 2. The van der Waals surface area contributed by atoms with Crippen molar-refractivity contribution in [2.24, 2.45) is 0 Å². The Balaban J connectivity index is 2.59. The van der Waals surface area contributed by atoms with Gasteiger partial charge in [0.2, 0.25) is 0 Å². The van der Waals surface area contributed by atoms with Crippen molar-refractivity contribution < 1.29 is 19.1 Å². The number of ether oxygens (including phenoxy) is 2. The van der Waals surface area contributed by atoms with E-state index in [0.29, 0.717) is 18.9 Å². The summed E-state index contributed by atoms with van der Waals surface area (Å²) in [7, 11) is 1.87. The fourth-order valence-electron chi connectivity index (χ4n) is 1.41. The molecule has 0 saturated heterocycles. The quantitative estimate of drug-likeness (QED) is 0.588. The molecule has 0 aliphatic rings. The molecular formula is C13H17NO4. The molecular weight excluding hydrogens is 234 g/mol. The van der Waals surface area contributed by atoms with Crippen LogP contribution in [0, 0.1) is 0 Å². The standard InChI is InChI=1S/C13H17NO4/c1-10(15)17-8-7-14(3)12-5-4-6-13(9-12)18-11(2)16/h4-6,9H,7-8H2,1-3H3. The summed E-state index contributed by atoms with van der Waals surface area (Å²) >= 11 is 0. The molecule has 5 nitrogen and oxygen atoms in total. The third-order valence-electron chi connectivity index (χ3n) is 2.25. The van der Waals surface area contributed by atoms with Gasteiger partial charge in [-0.05, 0) is 12.1 Å². The largest absolute Gasteiger partial charge is 0.464 e. The number of nitrogens with zero attached hydrogens (tertiary/aromatic N) is 1. The molecule has 0 radical (unpaired) electrons. The highest BCUT2D eigenvalue weighted by Crippen LogP contribution is 2.20. The molecule has 0 aliphatic heterocycles. The normalized spacial score (nSPS) is 9.72. The van der Waals surface area contributed by atoms with Gasteiger partial charge in [-0.2, -0.15) is 0 Å². The van der Waals surface area contributed by atoms with Crippen molar-refractivity contribution in [2.75, 3.05) is 25.1 Å². The smallest absolute Gasteiger partial charge is 0.308 e. The Morgan fingerprint density at radius 1 is 1.22 bits per heavy atom. The predicted octanol–water partition coefficient (Wildman–Crippen LogP) is 1.61. The zero-order valence-corrected chi connectivity index (χ0v) is 10.8. The van der Waals surface area contributed by atoms with Crippen molar-refractivity contribution >= 4 is 17.6 Å². The van der Waals surface area contributed by atoms with Crippen LogP contribution in [0.25, 0.3) is 0 Å². The van der Waals surface area contributed by atoms with Crippen LogP contribution in [0.15, 0.2) is 24.3 Å². The fraction of sp³-hybridized carbons (Fsp3) is 0.385. The maximum Gasteiger partial charge on any atom is 0.308 e. The molecule has 1 rings (SSSR count). The van der Waals surface area contributed by atoms with Crippen LogP contribution in [0.2, 0.25) is 0 Å². The summed E-state index contributed by atoms with van der Waals surface area (Å²) in [5.41, 5.74) is 0.890. The highest BCUT2D eigenvalue weighted by molar-refractivity contribution is 5.70. The number of hydrogen-bond acceptors (Lipinski definition) is 5. The Labute approximate surface area is 106 Å². The number of hydrogen-bond donors (Lipinski definition) is 0. The molecule has 0 bridgehead atoms. The van der Waals surface area contributed by atoms with E-state index in [4.69, 9.17) is 9.47 Å². The van der Waals surface area contributed by atoms with Crippen LogP contribution >= 0.6 is 0 Å². The minimum Gasteiger partial charge on any atom is -0.464 e. The highest BCUT2D eigenvalue weighted by Gasteiger charge is 2.04. The summed E-state index contributed by atoms with van der Waals surface area (Å²) in [6.45, 7) is 3.63. The van der Waals surface area contributed by atoms with Crippen molar-refractivity contribution in [1.29, 1.82) is 0 Å². The summed E-state index contributed by atoms with van der Waals surface area (Å²) in [4.78, 5) is 23.4. The van der Waals surface area contributed by atoms with Crippen LogP contribution in [0.1, 0.15) is 13.8 Å². The first-order chi connectivity index (χ1) is 8.49. The summed E-state index contributed by atoms with van der Waals surface area (Å²) in [6.07, 6.45) is 0. The van der Waals surface area contributed by atoms with Gasteiger partial charge >= 0.3 is 11.9 Å². The number of carbonyl (C=O) groups is 2. The number of anilines is 1. The summed E-state index contributed by atoms with van der Waals surface area (Å²) < 4.78 is 9.86. The molecule has 0 spiro atoms. The second-order valence-electron chi connectivity index (χ2n) is 3.85. The lowest BCUT2D eigenvalue weighted by molar-refractivity contribution is -0.140. The van der Waals surface area contributed by atoms with E-state index in [9.17, 15) is 9.59 Å². The molecule has 0 amide bonds. The molecule has 18 heavy (non-hydrogen) atoms. The van der Waals surface area contributed by atoms with E-state index < -0.39 is 0 Å². The van der Waals surface area contributed by atoms with Crippen molar-refractivity contribution in [1.82, 2.24) is 0 Å². The SMILES string of the molecule is CC(=O)OCCN(C)c1cccc(OC(C)=O)c1. The second kappa shape index (κ2) is 6.64. The molecule has 0 saturated carbocycles. The highest BCUT2D eigenvalue weighted by atomic mass is 16.5. The van der Waals surface area contributed by atoms with Crippen molar-refractivity contribution in [3.05, 3.63) is 24.3 Å². The lowest BCUT2D eigenvalue weighted by atomic mass is 10.3. The van der Waals surface area contributed by atoms with Crippen molar-refractivity contribution in [2.45, 2.75) is 13.8 Å². The zero-order valence-electron chi connectivity index (χ0n) is 10.8. The fourth-order valence-corrected chi connectivity index (χ4v) is 1.41. The lowest BCUT2D eigenvalue weighted by Gasteiger charge is -2.19. The average Bonchev–Trinajstić information content (AvgIpc) is 2.27. The Kier molecular flexibility index (Phi) is 5.17. The number of carbonyl (C=O) groups excluding carboxylic acids is 2. The van der Waals surface area contributed by atoms with Gasteiger partial charge in [0.15, 0.2) is 0 Å². The topological polar surface area (TPSA) is 55.8 Å². The molecule has 1 aromatic carbocycles. The number of likely N-dealkylation sites (N-methyl/N-ethyl adjacent to an activating group) is 1. The third kappa shape index (κ3) is 4.86. The predicted molar refractivity (Wildman–Crippen MR) is 67.7 cm³/mol. The van der Waals surface area contributed by atoms with Gasteiger partial charge in [-0.1, -0.05) is 6.07 Å². The molecule has 0 heterocycles. The Hall–Kier alpha value is -2.04. The molecule has 0 fully saturated rings. The van der Waals surface area contributed by atoms with Gasteiger partial charge < -0.3 is 14.4 Å². The van der Waals surface area contributed by atoms with Gasteiger partial charge in [-0.25, -0.2) is 0 Å². The number of benzene rings is 1. The molecule has 0 atom stereocenters. The first kappa shape index (κ1) is 14.0. The van der Waals surface area contributed by atoms with E-state index in [1.165, 1.54) is 13.8 Å². The third-order valence-corrected chi connectivity index (χ3v) is 2.25. The van der Waals surface area contributed by atoms with Gasteiger partial charge in [0.05, 0.1) is 6.54 Å². The van der Waals surface area contributed by atoms with Gasteiger partial charge in [0, 0.05) is 32.6 Å². The summed E-state index contributed by atoms with van der Waals surface area (Å²) in [5.74, 6) is -0.147. The Bertz CT molecular complexity index is 431. The van der Waals surface area contributed by atoms with Crippen molar-refractivity contribution in [3.63, 3.8) is 0 Å². The van der Waals surface area contributed by atoms with Gasteiger partial charge in [0.1, 0.15) is 12.4 Å².